The molecule has 0 spiro atoms. The second-order valence-corrected chi connectivity index (χ2v) is 5.19. The number of carboxylic acid groups (broad SMARTS) is 1. The molecular weight excluding hydrogens is 328 g/mol. The number of carboxylic acids is 1. The minimum atomic E-state index is -1.34. The van der Waals surface area contributed by atoms with Gasteiger partial charge in [0.1, 0.15) is 12.6 Å². The van der Waals surface area contributed by atoms with E-state index in [0.29, 0.717) is 0 Å². The van der Waals surface area contributed by atoms with Crippen LogP contribution in [0.15, 0.2) is 54.6 Å². The molecule has 1 atom stereocenters. The molecule has 0 heterocycles. The summed E-state index contributed by atoms with van der Waals surface area (Å²) >= 11 is 0. The van der Waals surface area contributed by atoms with Gasteiger partial charge < -0.3 is 15.2 Å². The van der Waals surface area contributed by atoms with Gasteiger partial charge in [-0.15, -0.1) is 0 Å². The lowest BCUT2D eigenvalue weighted by molar-refractivity contribution is -0.385. The third-order valence-corrected chi connectivity index (χ3v) is 3.42. The summed E-state index contributed by atoms with van der Waals surface area (Å²) in [6.07, 6.45) is -1.14. The molecule has 0 radical (unpaired) electrons. The molecule has 2 aromatic carbocycles. The predicted molar refractivity (Wildman–Crippen MR) is 88.0 cm³/mol. The molecule has 2 aromatic rings. The second-order valence-electron chi connectivity index (χ2n) is 5.19. The van der Waals surface area contributed by atoms with Crippen molar-refractivity contribution in [3.63, 3.8) is 0 Å². The van der Waals surface area contributed by atoms with E-state index in [9.17, 15) is 24.8 Å². The minimum Gasteiger partial charge on any atom is -0.480 e. The fourth-order valence-corrected chi connectivity index (χ4v) is 2.19. The monoisotopic (exact) mass is 344 g/mol. The molecule has 2 N–H and O–H groups in total. The van der Waals surface area contributed by atoms with Crippen LogP contribution >= 0.6 is 0 Å². The number of benzene rings is 2. The molecule has 1 amide bonds. The van der Waals surface area contributed by atoms with Gasteiger partial charge in [-0.1, -0.05) is 48.5 Å². The van der Waals surface area contributed by atoms with Crippen LogP contribution in [0.3, 0.4) is 0 Å². The largest absolute Gasteiger partial charge is 0.480 e. The van der Waals surface area contributed by atoms with Crippen molar-refractivity contribution in [2.45, 2.75) is 19.1 Å². The molecule has 0 bridgehead atoms. The fraction of sp³-hybridized carbons (Fsp3) is 0.176. The molecule has 0 aliphatic heterocycles. The van der Waals surface area contributed by atoms with Crippen LogP contribution in [-0.2, 0) is 22.6 Å². The van der Waals surface area contributed by atoms with Gasteiger partial charge in [-0.3, -0.25) is 10.1 Å². The maximum Gasteiger partial charge on any atom is 0.408 e. The Balaban J connectivity index is 2.00. The molecule has 8 nitrogen and oxygen atoms in total. The number of nitro benzene ring substituents is 1. The van der Waals surface area contributed by atoms with Crippen LogP contribution in [0.4, 0.5) is 10.5 Å². The number of amides is 1. The number of aliphatic carboxylic acids is 1. The van der Waals surface area contributed by atoms with Crippen molar-refractivity contribution in [3.8, 4) is 0 Å². The Bertz CT molecular complexity index is 763. The number of hydrogen-bond acceptors (Lipinski definition) is 5. The summed E-state index contributed by atoms with van der Waals surface area (Å²) in [7, 11) is 0. The summed E-state index contributed by atoms with van der Waals surface area (Å²) in [4.78, 5) is 33.6. The highest BCUT2D eigenvalue weighted by Crippen LogP contribution is 2.19. The number of nitrogens with zero attached hydrogens (tertiary/aromatic N) is 1. The van der Waals surface area contributed by atoms with E-state index in [1.807, 2.05) is 6.07 Å². The van der Waals surface area contributed by atoms with Crippen LogP contribution in [0, 0.1) is 10.1 Å². The summed E-state index contributed by atoms with van der Waals surface area (Å²) < 4.78 is 4.98. The lowest BCUT2D eigenvalue weighted by Gasteiger charge is -2.14. The Kier molecular flexibility index (Phi) is 6.05. The van der Waals surface area contributed by atoms with E-state index in [0.717, 1.165) is 5.56 Å². The molecule has 130 valence electrons. The van der Waals surface area contributed by atoms with Crippen molar-refractivity contribution in [1.29, 1.82) is 0 Å². The first kappa shape index (κ1) is 17.9. The standard InChI is InChI=1S/C17H16N2O6/c20-16(21)14(10-13-8-4-5-9-15(13)19(23)24)18-17(22)25-11-12-6-2-1-3-7-12/h1-9,14H,10-11H2,(H,18,22)(H,20,21). The smallest absolute Gasteiger partial charge is 0.408 e. The average Bonchev–Trinajstić information content (AvgIpc) is 2.60. The van der Waals surface area contributed by atoms with E-state index in [1.54, 1.807) is 30.3 Å². The Hall–Kier alpha value is -3.42. The average molecular weight is 344 g/mol. The van der Waals surface area contributed by atoms with Gasteiger partial charge in [0.15, 0.2) is 0 Å². The molecule has 25 heavy (non-hydrogen) atoms. The zero-order valence-electron chi connectivity index (χ0n) is 13.1. The first-order valence-electron chi connectivity index (χ1n) is 7.39. The Morgan fingerprint density at radius 2 is 1.76 bits per heavy atom. The van der Waals surface area contributed by atoms with Crippen molar-refractivity contribution in [2.24, 2.45) is 0 Å². The van der Waals surface area contributed by atoms with E-state index >= 15 is 0 Å². The number of ether oxygens (including phenoxy) is 1. The highest BCUT2D eigenvalue weighted by molar-refractivity contribution is 5.80. The number of hydrogen-bond donors (Lipinski definition) is 2. The summed E-state index contributed by atoms with van der Waals surface area (Å²) in [5, 5.41) is 22.5. The van der Waals surface area contributed by atoms with Gasteiger partial charge in [0.05, 0.1) is 4.92 Å². The number of alkyl carbamates (subject to hydrolysis) is 1. The van der Waals surface area contributed by atoms with E-state index < -0.39 is 23.0 Å². The van der Waals surface area contributed by atoms with Crippen LogP contribution in [-0.4, -0.2) is 28.1 Å². The van der Waals surface area contributed by atoms with Crippen LogP contribution in [0.25, 0.3) is 0 Å². The van der Waals surface area contributed by atoms with Crippen molar-refractivity contribution in [1.82, 2.24) is 5.32 Å². The zero-order chi connectivity index (χ0) is 18.2. The molecule has 0 aliphatic rings. The number of para-hydroxylation sites is 1. The van der Waals surface area contributed by atoms with E-state index in [2.05, 4.69) is 5.32 Å². The van der Waals surface area contributed by atoms with E-state index in [1.165, 1.54) is 18.2 Å². The first-order chi connectivity index (χ1) is 12.0. The molecule has 0 fully saturated rings. The summed E-state index contributed by atoms with van der Waals surface area (Å²) in [5.41, 5.74) is 0.764. The highest BCUT2D eigenvalue weighted by atomic mass is 16.6. The van der Waals surface area contributed by atoms with Gasteiger partial charge >= 0.3 is 12.1 Å². The maximum absolute atomic E-state index is 11.8. The topological polar surface area (TPSA) is 119 Å². The quantitative estimate of drug-likeness (QED) is 0.588. The predicted octanol–water partition coefficient (Wildman–Crippen LogP) is 2.52. The van der Waals surface area contributed by atoms with Gasteiger partial charge in [0, 0.05) is 18.1 Å². The number of rotatable bonds is 7. The lowest BCUT2D eigenvalue weighted by atomic mass is 10.0. The molecule has 2 rings (SSSR count). The van der Waals surface area contributed by atoms with Gasteiger partial charge in [0.25, 0.3) is 5.69 Å². The SMILES string of the molecule is O=C(NC(Cc1ccccc1[N+](=O)[O-])C(=O)O)OCc1ccccc1. The summed E-state index contributed by atoms with van der Waals surface area (Å²) in [5.74, 6) is -1.31. The molecule has 0 saturated heterocycles. The number of carbonyl (C=O) groups is 2. The second kappa shape index (κ2) is 8.44. The molecule has 1 unspecified atom stereocenters. The normalized spacial score (nSPS) is 11.4. The summed E-state index contributed by atoms with van der Waals surface area (Å²) in [6.45, 7) is -0.00943. The van der Waals surface area contributed by atoms with Crippen LogP contribution < -0.4 is 5.32 Å². The van der Waals surface area contributed by atoms with E-state index in [4.69, 9.17) is 4.74 Å². The Labute approximate surface area is 143 Å². The van der Waals surface area contributed by atoms with Crippen molar-refractivity contribution in [3.05, 3.63) is 75.8 Å². The lowest BCUT2D eigenvalue weighted by Crippen LogP contribution is -2.42. The zero-order valence-corrected chi connectivity index (χ0v) is 13.1. The molecule has 8 heteroatoms. The minimum absolute atomic E-state index is 0.00943. The molecule has 0 saturated carbocycles. The van der Waals surface area contributed by atoms with Crippen LogP contribution in [0.5, 0.6) is 0 Å². The van der Waals surface area contributed by atoms with Gasteiger partial charge in [-0.05, 0) is 5.56 Å². The van der Waals surface area contributed by atoms with Gasteiger partial charge in [-0.2, -0.15) is 0 Å². The highest BCUT2D eigenvalue weighted by Gasteiger charge is 2.24. The third-order valence-electron chi connectivity index (χ3n) is 3.42. The molecule has 0 aromatic heterocycles. The Morgan fingerprint density at radius 1 is 1.12 bits per heavy atom. The summed E-state index contributed by atoms with van der Waals surface area (Å²) in [6, 6.07) is 13.3. The van der Waals surface area contributed by atoms with E-state index in [-0.39, 0.29) is 24.3 Å². The number of nitro groups is 1. The van der Waals surface area contributed by atoms with Gasteiger partial charge in [-0.25, -0.2) is 9.59 Å². The molecule has 0 aliphatic carbocycles. The third kappa shape index (κ3) is 5.31. The maximum atomic E-state index is 11.8. The van der Waals surface area contributed by atoms with Crippen molar-refractivity contribution in [2.75, 3.05) is 0 Å². The fourth-order valence-electron chi connectivity index (χ4n) is 2.19. The molecular formula is C17H16N2O6. The van der Waals surface area contributed by atoms with Crippen LogP contribution in [0.2, 0.25) is 0 Å². The first-order valence-corrected chi connectivity index (χ1v) is 7.39. The van der Waals surface area contributed by atoms with Crippen LogP contribution in [0.1, 0.15) is 11.1 Å². The van der Waals surface area contributed by atoms with Gasteiger partial charge in [0.2, 0.25) is 0 Å². The number of carbonyl (C=O) groups excluding carboxylic acids is 1. The van der Waals surface area contributed by atoms with Crippen molar-refractivity contribution >= 4 is 17.7 Å². The van der Waals surface area contributed by atoms with Crippen molar-refractivity contribution < 1.29 is 24.4 Å². The Morgan fingerprint density at radius 3 is 2.40 bits per heavy atom. The number of nitrogens with one attached hydrogen (secondary N) is 1.